The fourth-order valence-electron chi connectivity index (χ4n) is 2.22. The van der Waals surface area contributed by atoms with Gasteiger partial charge < -0.3 is 10.2 Å². The minimum absolute atomic E-state index is 0.232. The van der Waals surface area contributed by atoms with Gasteiger partial charge in [0.2, 0.25) is 0 Å². The van der Waals surface area contributed by atoms with Crippen LogP contribution in [0.15, 0.2) is 10.5 Å². The number of nitrogen functional groups attached to an aromatic ring is 1. The Morgan fingerprint density at radius 3 is 1.94 bits per heavy atom. The third kappa shape index (κ3) is 1.82. The lowest BCUT2D eigenvalue weighted by atomic mass is 9.92. The van der Waals surface area contributed by atoms with Crippen molar-refractivity contribution in [2.24, 2.45) is 0 Å². The molecule has 2 N–H and O–H groups in total. The highest BCUT2D eigenvalue weighted by molar-refractivity contribution is 5.72. The molecule has 0 bridgehead atoms. The summed E-state index contributed by atoms with van der Waals surface area (Å²) in [6, 6.07) is 2.43. The summed E-state index contributed by atoms with van der Waals surface area (Å²) >= 11 is 0. The van der Waals surface area contributed by atoms with E-state index in [1.807, 2.05) is 6.92 Å². The first-order valence-corrected chi connectivity index (χ1v) is 5.72. The summed E-state index contributed by atoms with van der Waals surface area (Å²) in [6.07, 6.45) is 0. The molecule has 0 saturated heterocycles. The van der Waals surface area contributed by atoms with Gasteiger partial charge in [0, 0.05) is 5.56 Å². The molecule has 0 aliphatic carbocycles. The third-order valence-corrected chi connectivity index (χ3v) is 3.42. The number of rotatable bonds is 1. The Balaban J connectivity index is 2.79. The second-order valence-electron chi connectivity index (χ2n) is 4.59. The maximum absolute atomic E-state index is 5.62. The first-order valence-electron chi connectivity index (χ1n) is 5.72. The number of aryl methyl sites for hydroxylation is 3. The zero-order valence-electron chi connectivity index (χ0n) is 11.0. The number of hydrogen-bond acceptors (Lipinski definition) is 3. The molecule has 0 radical (unpaired) electrons. The Hall–Kier alpha value is -1.77. The van der Waals surface area contributed by atoms with E-state index in [1.165, 1.54) is 22.3 Å². The minimum atomic E-state index is 0.232. The van der Waals surface area contributed by atoms with Gasteiger partial charge in [-0.05, 0) is 56.9 Å². The molecule has 3 nitrogen and oxygen atoms in total. The van der Waals surface area contributed by atoms with E-state index in [4.69, 9.17) is 10.2 Å². The number of anilines is 1. The molecular weight excluding hydrogens is 212 g/mol. The van der Waals surface area contributed by atoms with Gasteiger partial charge in [0.1, 0.15) is 11.5 Å². The summed E-state index contributed by atoms with van der Waals surface area (Å²) in [7, 11) is 0. The largest absolute Gasteiger partial charge is 0.429 e. The SMILES string of the molecule is Cc1cc(C)c(C)c(-c2nc(N)oc2C)c1C. The van der Waals surface area contributed by atoms with Crippen LogP contribution in [0.3, 0.4) is 0 Å². The van der Waals surface area contributed by atoms with Crippen molar-refractivity contribution < 1.29 is 4.42 Å². The van der Waals surface area contributed by atoms with E-state index < -0.39 is 0 Å². The summed E-state index contributed by atoms with van der Waals surface area (Å²) < 4.78 is 5.33. The quantitative estimate of drug-likeness (QED) is 0.816. The Labute approximate surface area is 102 Å². The Morgan fingerprint density at radius 1 is 1.00 bits per heavy atom. The standard InChI is InChI=1S/C14H18N2O/c1-7-6-8(2)10(4)12(9(7)3)13-11(5)17-14(15)16-13/h6H,1-5H3,(H2,15,16). The number of oxazole rings is 1. The van der Waals surface area contributed by atoms with Crippen LogP contribution in [-0.4, -0.2) is 4.98 Å². The highest BCUT2D eigenvalue weighted by atomic mass is 16.4. The molecule has 0 aliphatic rings. The molecule has 0 fully saturated rings. The molecule has 2 aromatic rings. The topological polar surface area (TPSA) is 52.0 Å². The summed E-state index contributed by atoms with van der Waals surface area (Å²) in [5, 5.41) is 0. The lowest BCUT2D eigenvalue weighted by Crippen LogP contribution is -1.96. The Kier molecular flexibility index (Phi) is 2.69. The first kappa shape index (κ1) is 11.7. The summed E-state index contributed by atoms with van der Waals surface area (Å²) in [4.78, 5) is 4.30. The summed E-state index contributed by atoms with van der Waals surface area (Å²) in [5.41, 5.74) is 12.6. The third-order valence-electron chi connectivity index (χ3n) is 3.42. The van der Waals surface area contributed by atoms with Crippen LogP contribution in [0, 0.1) is 34.6 Å². The Bertz CT molecular complexity index is 556. The van der Waals surface area contributed by atoms with Gasteiger partial charge in [-0.25, -0.2) is 0 Å². The number of nitrogens with zero attached hydrogens (tertiary/aromatic N) is 1. The molecule has 2 rings (SSSR count). The van der Waals surface area contributed by atoms with Crippen LogP contribution in [0.5, 0.6) is 0 Å². The van der Waals surface area contributed by atoms with Gasteiger partial charge in [-0.15, -0.1) is 0 Å². The molecule has 0 atom stereocenters. The minimum Gasteiger partial charge on any atom is -0.429 e. The van der Waals surface area contributed by atoms with Crippen molar-refractivity contribution in [3.05, 3.63) is 34.1 Å². The van der Waals surface area contributed by atoms with Crippen LogP contribution in [-0.2, 0) is 0 Å². The zero-order chi connectivity index (χ0) is 12.7. The Morgan fingerprint density at radius 2 is 1.53 bits per heavy atom. The van der Waals surface area contributed by atoms with E-state index >= 15 is 0 Å². The maximum Gasteiger partial charge on any atom is 0.292 e. The van der Waals surface area contributed by atoms with E-state index in [1.54, 1.807) is 0 Å². The summed E-state index contributed by atoms with van der Waals surface area (Å²) in [6.45, 7) is 10.4. The second kappa shape index (κ2) is 3.91. The molecule has 0 spiro atoms. The smallest absolute Gasteiger partial charge is 0.292 e. The fourth-order valence-corrected chi connectivity index (χ4v) is 2.22. The number of nitrogens with two attached hydrogens (primary N) is 1. The van der Waals surface area contributed by atoms with Crippen LogP contribution in [0.1, 0.15) is 28.0 Å². The molecule has 90 valence electrons. The van der Waals surface area contributed by atoms with Gasteiger partial charge in [-0.3, -0.25) is 0 Å². The predicted molar refractivity (Wildman–Crippen MR) is 70.0 cm³/mol. The van der Waals surface area contributed by atoms with Crippen LogP contribution in [0.2, 0.25) is 0 Å². The average molecular weight is 230 g/mol. The normalized spacial score (nSPS) is 10.9. The molecule has 3 heteroatoms. The number of hydrogen-bond donors (Lipinski definition) is 1. The van der Waals surface area contributed by atoms with E-state index in [2.05, 4.69) is 38.7 Å². The molecule has 0 unspecified atom stereocenters. The maximum atomic E-state index is 5.62. The van der Waals surface area contributed by atoms with Gasteiger partial charge in [0.25, 0.3) is 6.01 Å². The zero-order valence-corrected chi connectivity index (χ0v) is 11.0. The van der Waals surface area contributed by atoms with E-state index in [-0.39, 0.29) is 6.01 Å². The van der Waals surface area contributed by atoms with Crippen molar-refractivity contribution in [1.82, 2.24) is 4.98 Å². The van der Waals surface area contributed by atoms with Crippen molar-refractivity contribution in [2.75, 3.05) is 5.73 Å². The van der Waals surface area contributed by atoms with Crippen LogP contribution >= 0.6 is 0 Å². The van der Waals surface area contributed by atoms with Crippen LogP contribution < -0.4 is 5.73 Å². The van der Waals surface area contributed by atoms with Gasteiger partial charge >= 0.3 is 0 Å². The lowest BCUT2D eigenvalue weighted by Gasteiger charge is -2.13. The van der Waals surface area contributed by atoms with Crippen LogP contribution in [0.4, 0.5) is 6.01 Å². The molecule has 0 aliphatic heterocycles. The first-order chi connectivity index (χ1) is 7.91. The highest BCUT2D eigenvalue weighted by Crippen LogP contribution is 2.33. The molecular formula is C14H18N2O. The van der Waals surface area contributed by atoms with Gasteiger partial charge in [-0.2, -0.15) is 4.98 Å². The van der Waals surface area contributed by atoms with Crippen molar-refractivity contribution in [3.63, 3.8) is 0 Å². The van der Waals surface area contributed by atoms with Gasteiger partial charge in [0.15, 0.2) is 0 Å². The monoisotopic (exact) mass is 230 g/mol. The molecule has 1 aromatic heterocycles. The molecule has 1 heterocycles. The van der Waals surface area contributed by atoms with Gasteiger partial charge in [-0.1, -0.05) is 6.07 Å². The molecule has 0 saturated carbocycles. The second-order valence-corrected chi connectivity index (χ2v) is 4.59. The van der Waals surface area contributed by atoms with Crippen molar-refractivity contribution in [1.29, 1.82) is 0 Å². The molecule has 1 aromatic carbocycles. The summed E-state index contributed by atoms with van der Waals surface area (Å²) in [5.74, 6) is 0.777. The fraction of sp³-hybridized carbons (Fsp3) is 0.357. The predicted octanol–water partition coefficient (Wildman–Crippen LogP) is 3.47. The van der Waals surface area contributed by atoms with E-state index in [9.17, 15) is 0 Å². The van der Waals surface area contributed by atoms with Crippen molar-refractivity contribution >= 4 is 6.01 Å². The molecule has 0 amide bonds. The average Bonchev–Trinajstić information content (AvgIpc) is 2.56. The van der Waals surface area contributed by atoms with Crippen molar-refractivity contribution in [3.8, 4) is 11.3 Å². The lowest BCUT2D eigenvalue weighted by molar-refractivity contribution is 0.548. The highest BCUT2D eigenvalue weighted by Gasteiger charge is 2.16. The molecule has 17 heavy (non-hydrogen) atoms. The number of benzene rings is 1. The number of aromatic nitrogens is 1. The van der Waals surface area contributed by atoms with E-state index in [0.717, 1.165) is 17.0 Å². The van der Waals surface area contributed by atoms with Crippen molar-refractivity contribution in [2.45, 2.75) is 34.6 Å². The van der Waals surface area contributed by atoms with E-state index in [0.29, 0.717) is 0 Å². The van der Waals surface area contributed by atoms with Gasteiger partial charge in [0.05, 0.1) is 0 Å². The van der Waals surface area contributed by atoms with Crippen LogP contribution in [0.25, 0.3) is 11.3 Å².